The summed E-state index contributed by atoms with van der Waals surface area (Å²) in [5, 5.41) is 63.0. The van der Waals surface area contributed by atoms with Gasteiger partial charge in [0.05, 0.1) is 32.5 Å². The molecule has 0 saturated carbocycles. The Kier molecular flexibility index (Phi) is 64.0. The summed E-state index contributed by atoms with van der Waals surface area (Å²) in [6.45, 7) is -0.318. The summed E-state index contributed by atoms with van der Waals surface area (Å²) in [7, 11) is -33.7. The largest absolute Gasteiger partial charge is 0.481 e. The highest BCUT2D eigenvalue weighted by Gasteiger charge is 2.58. The third-order valence-corrected chi connectivity index (χ3v) is 15.5. The summed E-state index contributed by atoms with van der Waals surface area (Å²) in [6, 6.07) is -1.41. The molecule has 58 heteroatoms. The van der Waals surface area contributed by atoms with E-state index in [0.29, 0.717) is 6.92 Å². The van der Waals surface area contributed by atoms with Crippen LogP contribution in [-0.2, 0) is 60.0 Å². The number of nitrogens with one attached hydrogen (secondary N) is 3. The van der Waals surface area contributed by atoms with Crippen molar-refractivity contribution in [1.29, 1.82) is 0 Å². The first kappa shape index (κ1) is 103. The highest BCUT2D eigenvalue weighted by Crippen LogP contribution is 2.67. The fourth-order valence-corrected chi connectivity index (χ4v) is 5.01. The summed E-state index contributed by atoms with van der Waals surface area (Å²) in [6.07, 6.45) is -3.48. The van der Waals surface area contributed by atoms with E-state index in [1.165, 1.54) is 28.1 Å². The molecule has 0 aliphatic heterocycles. The van der Waals surface area contributed by atoms with Gasteiger partial charge in [0, 0.05) is 40.8 Å². The molecule has 0 bridgehead atoms. The third kappa shape index (κ3) is 85.9. The Labute approximate surface area is 455 Å². The Morgan fingerprint density at radius 1 is 0.506 bits per heavy atom. The number of amides is 3. The quantitative estimate of drug-likeness (QED) is 0.0601. The minimum Gasteiger partial charge on any atom is -0.481 e. The summed E-state index contributed by atoms with van der Waals surface area (Å²) in [4.78, 5) is 187. The van der Waals surface area contributed by atoms with Crippen LogP contribution >= 0.6 is 61.2 Å². The van der Waals surface area contributed by atoms with Crippen LogP contribution in [0.25, 0.3) is 0 Å². The van der Waals surface area contributed by atoms with Crippen molar-refractivity contribution in [1.82, 2.24) is 16.0 Å². The molecule has 2 atom stereocenters. The van der Waals surface area contributed by atoms with Gasteiger partial charge in [0.25, 0.3) is 10.2 Å². The SMILES string of the molecule is CC(N)P(=O)(O)O.CC(O)(P(=O)(O)O)P(=O)(O)O.CNC(=O)O.CNC(=O)O.CNC(=O)O.NC(COP(=O)(O)O)C(=O)O.NCC(=O)O.NCC(O)(P(=O)(O)O)P(=O)(O)O.NCCC(=O)O.NCCOP(=O)(O)O.NCP(=O)(O)O. The zero-order valence-electron chi connectivity index (χ0n) is 42.2. The number of phosphoric ester groups is 2. The van der Waals surface area contributed by atoms with Crippen molar-refractivity contribution in [3.8, 4) is 0 Å². The second-order valence-corrected chi connectivity index (χ2v) is 26.8. The van der Waals surface area contributed by atoms with Crippen LogP contribution in [0.1, 0.15) is 20.3 Å². The van der Waals surface area contributed by atoms with Gasteiger partial charge in [0.15, 0.2) is 0 Å². The lowest BCUT2D eigenvalue weighted by molar-refractivity contribution is -0.139. The van der Waals surface area contributed by atoms with Crippen molar-refractivity contribution in [3.63, 3.8) is 0 Å². The van der Waals surface area contributed by atoms with Gasteiger partial charge in [-0.15, -0.1) is 0 Å². The molecule has 0 aromatic carbocycles. The van der Waals surface area contributed by atoms with Crippen LogP contribution in [0.4, 0.5) is 14.4 Å². The first-order valence-corrected chi connectivity index (χ1v) is 31.9. The van der Waals surface area contributed by atoms with Crippen LogP contribution in [0.2, 0.25) is 0 Å². The number of nitrogens with two attached hydrogens (primary N) is 7. The van der Waals surface area contributed by atoms with Gasteiger partial charge in [-0.1, -0.05) is 0 Å². The zero-order valence-corrected chi connectivity index (χ0v) is 49.4. The molecule has 0 spiro atoms. The fourth-order valence-electron chi connectivity index (χ4n) is 1.12. The Bertz CT molecular complexity index is 2030. The standard InChI is InChI=1S/C3H8NO6P.C3H7NO2.C2H9NO7P2.C2H8NO4P.C2H8NO3P.4C2H5NO2.C2H8O7P2.CH6NO3P/c4-2(3(5)6)1-10-11(7,8)9;4-2-1-3(5)6;3-1-2(4,11(5,6)7)12(8,9)10;3-1-2-7-8(4,5)6;1-2(3)7(4,5)6;3*1-3-2(4)5;3-1-2(4)5;1-2(3,10(4,5)6)11(7,8)9;2-1-6(3,4)5/h2H,1,4H2,(H,5,6)(H2,7,8,9);1-2,4H2,(H,5,6);4H,1,3H2,(H2,5,6,7)(H2,8,9,10);1-3H2,(H2,4,5,6);2H,3H2,1H3,(H2,4,5,6);3*3H,1H3,(H,4,5);1,3H2,(H,4,5);3H,1H3,(H2,4,5,6)(H2,7,8,9);1-2H2,(H2,3,4,5). The normalized spacial score (nSPS) is 12.0. The number of carbonyl (C=O) groups is 6. The second-order valence-electron chi connectivity index (χ2n) is 12.3. The molecule has 0 aliphatic carbocycles. The van der Waals surface area contributed by atoms with Gasteiger partial charge >= 0.3 is 97.4 Å². The van der Waals surface area contributed by atoms with Crippen LogP contribution in [0, 0.1) is 0 Å². The van der Waals surface area contributed by atoms with E-state index in [9.17, 15) is 65.3 Å². The van der Waals surface area contributed by atoms with E-state index in [0.717, 1.165) is 0 Å². The fraction of sp³-hybridized carbons (Fsp3) is 0.739. The average Bonchev–Trinajstić information content (AvgIpc) is 3.26. The molecule has 81 heavy (non-hydrogen) atoms. The highest BCUT2D eigenvalue weighted by molar-refractivity contribution is 7.72. The lowest BCUT2D eigenvalue weighted by Crippen LogP contribution is -2.37. The molecule has 3 amide bonds. The van der Waals surface area contributed by atoms with Gasteiger partial charge in [-0.05, 0) is 13.8 Å². The first-order chi connectivity index (χ1) is 35.3. The van der Waals surface area contributed by atoms with E-state index in [-0.39, 0.29) is 32.7 Å². The maximum absolute atomic E-state index is 10.4. The molecule has 0 rings (SSSR count). The maximum Gasteiger partial charge on any atom is 0.469 e. The zero-order chi connectivity index (χ0) is 68.8. The lowest BCUT2D eigenvalue weighted by atomic mass is 10.3. The molecule has 0 radical (unpaired) electrons. The topological polar surface area (TPSA) is 961 Å². The summed E-state index contributed by atoms with van der Waals surface area (Å²) in [5.74, 6) is -4.21. The number of phosphoric acid groups is 2. The number of carboxylic acids is 3. The summed E-state index contributed by atoms with van der Waals surface area (Å²) >= 11 is 0. The molecular weight excluding hydrogens is 1300 g/mol. The van der Waals surface area contributed by atoms with Gasteiger partial charge in [0.1, 0.15) is 11.8 Å². The van der Waals surface area contributed by atoms with Crippen molar-refractivity contribution < 1.29 is 193 Å². The first-order valence-electron chi connectivity index (χ1n) is 18.9. The van der Waals surface area contributed by atoms with Crippen LogP contribution in [0.15, 0.2) is 0 Å². The van der Waals surface area contributed by atoms with Crippen LogP contribution in [0.5, 0.6) is 0 Å². The Hall–Kier alpha value is -3.02. The molecular formula is C23H74N10O40P8. The lowest BCUT2D eigenvalue weighted by Gasteiger charge is -2.27. The van der Waals surface area contributed by atoms with E-state index >= 15 is 0 Å². The number of hydrogen-bond donors (Lipinski definition) is 34. The van der Waals surface area contributed by atoms with Gasteiger partial charge < -0.3 is 175 Å². The minimum absolute atomic E-state index is 0.0694. The molecule has 2 unspecified atom stereocenters. The molecule has 0 aromatic rings. The number of aliphatic carboxylic acids is 3. The van der Waals surface area contributed by atoms with E-state index in [2.05, 4.69) is 26.2 Å². The molecule has 496 valence electrons. The number of hydrogen-bond acceptors (Lipinski definition) is 25. The van der Waals surface area contributed by atoms with E-state index < -0.39 is 139 Å². The monoisotopic (exact) mass is 1380 g/mol. The molecule has 0 fully saturated rings. The highest BCUT2D eigenvalue weighted by atomic mass is 31.2. The van der Waals surface area contributed by atoms with Crippen LogP contribution in [-0.4, -0.2) is 244 Å². The number of rotatable bonds is 17. The predicted molar refractivity (Wildman–Crippen MR) is 270 cm³/mol. The third-order valence-electron chi connectivity index (χ3n) is 5.37. The number of aliphatic hydroxyl groups is 2. The van der Waals surface area contributed by atoms with Gasteiger partial charge in [-0.25, -0.2) is 23.5 Å². The summed E-state index contributed by atoms with van der Waals surface area (Å²) < 4.78 is 88.3. The van der Waals surface area contributed by atoms with Crippen molar-refractivity contribution in [2.45, 2.75) is 42.3 Å². The van der Waals surface area contributed by atoms with Crippen molar-refractivity contribution >= 4 is 97.4 Å². The number of carboxylic acid groups (broad SMARTS) is 6. The second kappa shape index (κ2) is 50.3. The summed E-state index contributed by atoms with van der Waals surface area (Å²) in [5.41, 5.74) is 33.1. The molecule has 50 nitrogen and oxygen atoms in total. The average molecular weight is 1380 g/mol. The van der Waals surface area contributed by atoms with Gasteiger partial charge in [-0.3, -0.25) is 50.8 Å². The molecule has 41 N–H and O–H groups in total. The van der Waals surface area contributed by atoms with Crippen molar-refractivity contribution in [3.05, 3.63) is 0 Å². The Morgan fingerprint density at radius 2 is 0.753 bits per heavy atom. The smallest absolute Gasteiger partial charge is 0.469 e. The molecule has 0 aliphatic rings. The van der Waals surface area contributed by atoms with E-state index in [1.807, 2.05) is 16.0 Å². The van der Waals surface area contributed by atoms with Crippen molar-refractivity contribution in [2.75, 3.05) is 66.8 Å². The maximum atomic E-state index is 10.4. The van der Waals surface area contributed by atoms with Gasteiger partial charge in [0.2, 0.25) is 0 Å². The predicted octanol–water partition coefficient (Wildman–Crippen LogP) is -8.83. The molecule has 0 aromatic heterocycles. The molecule has 0 saturated heterocycles. The van der Waals surface area contributed by atoms with E-state index in [1.54, 1.807) is 0 Å². The molecule has 0 heterocycles. The van der Waals surface area contributed by atoms with Gasteiger partial charge in [-0.2, -0.15) is 0 Å². The minimum atomic E-state index is -5.34. The van der Waals surface area contributed by atoms with Crippen LogP contribution in [0.3, 0.4) is 0 Å². The Morgan fingerprint density at radius 3 is 0.802 bits per heavy atom. The van der Waals surface area contributed by atoms with Crippen molar-refractivity contribution in [2.24, 2.45) is 40.1 Å². The Balaban J connectivity index is -0.0000000751. The van der Waals surface area contributed by atoms with E-state index in [4.69, 9.17) is 142 Å². The van der Waals surface area contributed by atoms with Crippen LogP contribution < -0.4 is 56.1 Å².